The molecule has 0 spiro atoms. The molecule has 3 fully saturated rings. The van der Waals surface area contributed by atoms with Crippen molar-refractivity contribution in [1.82, 2.24) is 60.9 Å². The third-order valence-corrected chi connectivity index (χ3v) is 19.3. The van der Waals surface area contributed by atoms with Gasteiger partial charge in [-0.05, 0) is 136 Å². The molecule has 1 saturated carbocycles. The second-order valence-electron chi connectivity index (χ2n) is 30.3. The fourth-order valence-corrected chi connectivity index (χ4v) is 13.0. The summed E-state index contributed by atoms with van der Waals surface area (Å²) < 4.78 is 53.8. The Hall–Kier alpha value is -6.36. The zero-order valence-corrected chi connectivity index (χ0v) is 63.2. The third-order valence-electron chi connectivity index (χ3n) is 18.8. The van der Waals surface area contributed by atoms with Crippen molar-refractivity contribution in [2.24, 2.45) is 35.5 Å². The molecule has 566 valence electrons. The quantitative estimate of drug-likeness (QED) is 0.0881. The molecule has 5 N–H and O–H groups in total. The van der Waals surface area contributed by atoms with Crippen LogP contribution in [0.1, 0.15) is 174 Å². The topological polar surface area (TPSA) is 306 Å². The van der Waals surface area contributed by atoms with Crippen LogP contribution >= 0.6 is 11.6 Å². The molecule has 30 heteroatoms. The van der Waals surface area contributed by atoms with Crippen molar-refractivity contribution in [2.75, 3.05) is 87.8 Å². The second kappa shape index (κ2) is 38.6. The van der Waals surface area contributed by atoms with Crippen LogP contribution in [0.15, 0.2) is 0 Å². The Kier molecular flexibility index (Phi) is 33.9. The first-order valence-electron chi connectivity index (χ1n) is 35.1. The first-order chi connectivity index (χ1) is 45.8. The number of nitrogens with zero attached hydrogens (tertiary/aromatic N) is 7. The molecule has 3 unspecified atom stereocenters. The summed E-state index contributed by atoms with van der Waals surface area (Å²) in [5, 5.41) is 12.6. The molecule has 3 rings (SSSR count). The zero-order valence-electron chi connectivity index (χ0n) is 62.5. The smallest absolute Gasteiger partial charge is 0.379 e. The summed E-state index contributed by atoms with van der Waals surface area (Å²) in [5.74, 6) is -11.4. The Morgan fingerprint density at radius 1 is 0.667 bits per heavy atom. The maximum Gasteiger partial charge on any atom is 0.393 e. The average molecular weight is 1430 g/mol. The summed E-state index contributed by atoms with van der Waals surface area (Å²) in [6.07, 6.45) is -3.83. The fourth-order valence-electron chi connectivity index (χ4n) is 12.5. The van der Waals surface area contributed by atoms with Gasteiger partial charge in [-0.2, -0.15) is 13.2 Å². The van der Waals surface area contributed by atoms with Crippen molar-refractivity contribution in [1.29, 1.82) is 0 Å². The largest absolute Gasteiger partial charge is 0.393 e. The van der Waals surface area contributed by atoms with Crippen LogP contribution in [0.4, 0.5) is 13.2 Å². The van der Waals surface area contributed by atoms with Crippen molar-refractivity contribution < 1.29 is 80.2 Å². The predicted molar refractivity (Wildman–Crippen MR) is 368 cm³/mol. The minimum Gasteiger partial charge on any atom is -0.379 e. The van der Waals surface area contributed by atoms with E-state index >= 15 is 4.79 Å². The van der Waals surface area contributed by atoms with Crippen molar-refractivity contribution in [2.45, 2.75) is 245 Å². The molecule has 2 saturated heterocycles. The molecule has 12 amide bonds. The van der Waals surface area contributed by atoms with Gasteiger partial charge in [-0.3, -0.25) is 57.5 Å². The van der Waals surface area contributed by atoms with Crippen LogP contribution in [0.2, 0.25) is 0 Å². The van der Waals surface area contributed by atoms with Crippen LogP contribution in [-0.2, 0) is 67.0 Å². The maximum absolute atomic E-state index is 15.2. The Balaban J connectivity index is 2.28. The minimum atomic E-state index is -4.56. The lowest BCUT2D eigenvalue weighted by atomic mass is 9.78. The number of halogens is 4. The number of rotatable bonds is 19. The van der Waals surface area contributed by atoms with Gasteiger partial charge in [0.1, 0.15) is 54.4 Å². The van der Waals surface area contributed by atoms with Gasteiger partial charge < -0.3 is 70.4 Å². The van der Waals surface area contributed by atoms with E-state index in [0.29, 0.717) is 12.8 Å². The molecule has 3 aliphatic rings. The Morgan fingerprint density at radius 3 is 1.77 bits per heavy atom. The molecule has 0 aromatic heterocycles. The fraction of sp³-hybridized carbons (Fsp3) is 0.826. The first kappa shape index (κ1) is 86.9. The van der Waals surface area contributed by atoms with E-state index in [2.05, 4.69) is 26.6 Å². The third kappa shape index (κ3) is 26.2. The average Bonchev–Trinajstić information content (AvgIpc) is 0.798. The molecule has 99 heavy (non-hydrogen) atoms. The normalized spacial score (nSPS) is 27.2. The summed E-state index contributed by atoms with van der Waals surface area (Å²) in [5.41, 5.74) is -2.57. The van der Waals surface area contributed by atoms with Gasteiger partial charge in [-0.15, -0.1) is 11.6 Å². The number of nitrogens with one attached hydrogen (secondary N) is 5. The monoisotopic (exact) mass is 1430 g/mol. The molecule has 2 aliphatic heterocycles. The van der Waals surface area contributed by atoms with E-state index in [1.165, 1.54) is 63.8 Å². The molecule has 12 atom stereocenters. The molecule has 0 aromatic rings. The van der Waals surface area contributed by atoms with E-state index in [4.69, 9.17) is 21.1 Å². The maximum atomic E-state index is 15.2. The van der Waals surface area contributed by atoms with Crippen molar-refractivity contribution >= 4 is 82.5 Å². The molecule has 26 nitrogen and oxygen atoms in total. The van der Waals surface area contributed by atoms with Gasteiger partial charge in [0.2, 0.25) is 70.9 Å². The predicted octanol–water partition coefficient (Wildman–Crippen LogP) is 4.47. The van der Waals surface area contributed by atoms with E-state index in [0.717, 1.165) is 19.6 Å². The lowest BCUT2D eigenvalue weighted by molar-refractivity contribution is -0.182. The highest BCUT2D eigenvalue weighted by molar-refractivity contribution is 6.20. The summed E-state index contributed by atoms with van der Waals surface area (Å²) in [6.45, 7) is 23.7. The van der Waals surface area contributed by atoms with Gasteiger partial charge in [0.25, 0.3) is 0 Å². The molecule has 1 aliphatic carbocycles. The minimum absolute atomic E-state index is 0.0265. The SMILES string of the molecule is CC[C@H](C)[C@@H]1NC(=O)[C@H](CC(C)C)N(C)C(=O)C[C@@H](C)NC(=O)[C@H](CC(C)C)N(C)C(=O)C(C)(C)NC(=O)[C@H](COCC(=O)NC(C)(C)C)N(C)C(=O)[C@H](CCC2CCC(C(F)(F)F)C(Cl)C2)NC(=O)CN(C)C(=O)[C@H](COCCC(C)C)N(C)C(=O)[C@@H]2CCN2C(=O)CN(CC)C1=O. The van der Waals surface area contributed by atoms with Crippen LogP contribution in [0.3, 0.4) is 0 Å². The van der Waals surface area contributed by atoms with Crippen LogP contribution in [-0.4, -0.2) is 264 Å². The van der Waals surface area contributed by atoms with Crippen LogP contribution < -0.4 is 26.6 Å². The van der Waals surface area contributed by atoms with Crippen molar-refractivity contribution in [3.63, 3.8) is 0 Å². The Morgan fingerprint density at radius 2 is 1.24 bits per heavy atom. The summed E-state index contributed by atoms with van der Waals surface area (Å²) in [7, 11) is 6.70. The van der Waals surface area contributed by atoms with E-state index in [-0.39, 0.29) is 102 Å². The van der Waals surface area contributed by atoms with E-state index < -0.39 is 186 Å². The lowest BCUT2D eigenvalue weighted by Crippen LogP contribution is -2.64. The zero-order chi connectivity index (χ0) is 75.5. The first-order valence-corrected chi connectivity index (χ1v) is 35.5. The molecule has 0 radical (unpaired) electrons. The number of alkyl halides is 4. The van der Waals surface area contributed by atoms with Gasteiger partial charge in [-0.1, -0.05) is 61.8 Å². The number of amides is 12. The summed E-state index contributed by atoms with van der Waals surface area (Å²) in [4.78, 5) is 182. The number of ether oxygens (including phenoxy) is 2. The summed E-state index contributed by atoms with van der Waals surface area (Å²) in [6, 6.07) is -10.0. The number of fused-ring (bicyclic) bond motifs is 1. The van der Waals surface area contributed by atoms with Gasteiger partial charge in [0.15, 0.2) is 0 Å². The molecular weight excluding hydrogens is 1310 g/mol. The van der Waals surface area contributed by atoms with Crippen LogP contribution in [0.25, 0.3) is 0 Å². The van der Waals surface area contributed by atoms with Gasteiger partial charge in [0.05, 0.1) is 32.2 Å². The second-order valence-corrected chi connectivity index (χ2v) is 30.9. The number of likely N-dealkylation sites (N-methyl/N-ethyl adjacent to an activating group) is 6. The molecule has 2 heterocycles. The van der Waals surface area contributed by atoms with Gasteiger partial charge in [0, 0.05) is 78.3 Å². The number of carbonyl (C=O) groups is 12. The van der Waals surface area contributed by atoms with Crippen molar-refractivity contribution in [3.8, 4) is 0 Å². The standard InChI is InChI=1S/C69H118ClF3N12O14/c1-21-43(9)58-65(96)84(22-2)36-57(89)85-29-27-49(85)64(95)82(19)53(38-98-30-28-40(3)4)63(94)79(16)35-54(86)75-48(26-24-45-23-25-46(47(70)34-45)69(71,72)73)62(93)81(18)52(37-99-39-55(87)77-67(11,12)13)61(92)78-68(14,15)66(97)83(20)51(32-42(7)8)59(90)74-44(10)33-56(88)80(17)50(31-41(5)6)60(91)76-58/h40-53,58H,21-39H2,1-20H3,(H,74,90)(H,75,86)(H,76,91)(H,77,87)(H,78,92)/t43-,44+,45?,46?,47?,48-,49-,50-,51-,52-,53-,58-/m0/s1. The highest BCUT2D eigenvalue weighted by atomic mass is 35.5. The number of hydrogen-bond acceptors (Lipinski definition) is 14. The van der Waals surface area contributed by atoms with E-state index in [9.17, 15) is 65.9 Å². The lowest BCUT2D eigenvalue weighted by Gasteiger charge is -2.43. The van der Waals surface area contributed by atoms with Gasteiger partial charge >= 0.3 is 6.18 Å². The Bertz CT molecular complexity index is 2790. The molecule has 0 bridgehead atoms. The highest BCUT2D eigenvalue weighted by Crippen LogP contribution is 2.43. The molecule has 0 aromatic carbocycles. The van der Waals surface area contributed by atoms with Gasteiger partial charge in [-0.25, -0.2) is 0 Å². The van der Waals surface area contributed by atoms with Crippen LogP contribution in [0, 0.1) is 35.5 Å². The molecular formula is C69H118ClF3N12O14. The summed E-state index contributed by atoms with van der Waals surface area (Å²) >= 11 is 6.37. The number of carbonyl (C=O) groups excluding carboxylic acids is 12. The number of hydrogen-bond donors (Lipinski definition) is 5. The van der Waals surface area contributed by atoms with Crippen molar-refractivity contribution in [3.05, 3.63) is 0 Å². The Labute approximate surface area is 590 Å². The van der Waals surface area contributed by atoms with Crippen LogP contribution in [0.5, 0.6) is 0 Å². The highest BCUT2D eigenvalue weighted by Gasteiger charge is 2.48. The van der Waals surface area contributed by atoms with E-state index in [1.807, 2.05) is 48.5 Å². The van der Waals surface area contributed by atoms with E-state index in [1.54, 1.807) is 41.5 Å².